The van der Waals surface area contributed by atoms with Crippen LogP contribution in [0.1, 0.15) is 10.4 Å². The molecule has 1 aromatic carbocycles. The van der Waals surface area contributed by atoms with E-state index in [1.54, 1.807) is 0 Å². The van der Waals surface area contributed by atoms with Crippen molar-refractivity contribution in [3.05, 3.63) is 29.8 Å². The molecule has 10 heteroatoms. The number of guanidine groups is 1. The normalized spacial score (nSPS) is 13.1. The molecule has 0 saturated carbocycles. The summed E-state index contributed by atoms with van der Waals surface area (Å²) >= 11 is 0. The zero-order valence-electron chi connectivity index (χ0n) is 10.5. The number of nitrogens with zero attached hydrogens (tertiary/aromatic N) is 2. The average Bonchev–Trinajstić information content (AvgIpc) is 2.36. The number of hydrogen-bond donors (Lipinski definition) is 3. The smallest absolute Gasteiger partial charge is 0.422 e. The Morgan fingerprint density at radius 2 is 1.81 bits per heavy atom. The van der Waals surface area contributed by atoms with Gasteiger partial charge in [0.05, 0.1) is 11.3 Å². The van der Waals surface area contributed by atoms with Crippen molar-refractivity contribution in [2.45, 2.75) is 6.18 Å². The van der Waals surface area contributed by atoms with Crippen LogP contribution in [-0.4, -0.2) is 35.8 Å². The zero-order valence-corrected chi connectivity index (χ0v) is 10.5. The minimum Gasteiger partial charge on any atom is -0.478 e. The van der Waals surface area contributed by atoms with E-state index < -0.39 is 30.7 Å². The molecule has 0 radical (unpaired) electrons. The molecule has 0 heterocycles. The first-order valence-corrected chi connectivity index (χ1v) is 5.38. The van der Waals surface area contributed by atoms with Crippen molar-refractivity contribution < 1.29 is 27.8 Å². The molecule has 0 aliphatic carbocycles. The lowest BCUT2D eigenvalue weighted by Gasteiger charge is -2.07. The topological polar surface area (TPSA) is 123 Å². The van der Waals surface area contributed by atoms with Gasteiger partial charge in [0, 0.05) is 0 Å². The molecule has 0 saturated heterocycles. The van der Waals surface area contributed by atoms with E-state index >= 15 is 0 Å². The van der Waals surface area contributed by atoms with Crippen molar-refractivity contribution in [3.8, 4) is 0 Å². The maximum atomic E-state index is 11.9. The van der Waals surface area contributed by atoms with Gasteiger partial charge < -0.3 is 21.3 Å². The molecule has 21 heavy (non-hydrogen) atoms. The van der Waals surface area contributed by atoms with Gasteiger partial charge in [0.2, 0.25) is 5.96 Å². The predicted molar refractivity (Wildman–Crippen MR) is 68.3 cm³/mol. The Morgan fingerprint density at radius 1 is 1.24 bits per heavy atom. The highest BCUT2D eigenvalue weighted by Crippen LogP contribution is 2.15. The van der Waals surface area contributed by atoms with Gasteiger partial charge in [0.15, 0.2) is 6.61 Å². The molecule has 1 rings (SSSR count). The molecular formula is C11H11F3N4O3. The van der Waals surface area contributed by atoms with Crippen LogP contribution in [-0.2, 0) is 4.74 Å². The largest absolute Gasteiger partial charge is 0.478 e. The number of benzene rings is 1. The maximum absolute atomic E-state index is 11.9. The van der Waals surface area contributed by atoms with E-state index in [1.165, 1.54) is 24.3 Å². The fourth-order valence-corrected chi connectivity index (χ4v) is 1.14. The number of carbonyl (C=O) groups is 1. The minimum atomic E-state index is -4.54. The Kier molecular flexibility index (Phi) is 5.11. The highest BCUT2D eigenvalue weighted by atomic mass is 19.4. The van der Waals surface area contributed by atoms with Crippen LogP contribution in [0.15, 0.2) is 34.3 Å². The third kappa shape index (κ3) is 6.27. The van der Waals surface area contributed by atoms with Crippen molar-refractivity contribution in [3.63, 3.8) is 0 Å². The quantitative estimate of drug-likeness (QED) is 0.572. The third-order valence-electron chi connectivity index (χ3n) is 1.97. The van der Waals surface area contributed by atoms with Crippen LogP contribution in [0, 0.1) is 0 Å². The van der Waals surface area contributed by atoms with Gasteiger partial charge in [0.25, 0.3) is 6.02 Å². The number of nitrogens with two attached hydrogens (primary N) is 2. The predicted octanol–water partition coefficient (Wildman–Crippen LogP) is 1.22. The van der Waals surface area contributed by atoms with Crippen LogP contribution in [0.5, 0.6) is 0 Å². The van der Waals surface area contributed by atoms with Crippen LogP contribution in [0.4, 0.5) is 18.9 Å². The van der Waals surface area contributed by atoms with E-state index in [0.717, 1.165) is 0 Å². The summed E-state index contributed by atoms with van der Waals surface area (Å²) < 4.78 is 39.7. The number of aliphatic imine (C=N–C) groups is 2. The number of aromatic carboxylic acids is 1. The summed E-state index contributed by atoms with van der Waals surface area (Å²) in [6, 6.07) is 4.47. The number of carboxylic acid groups (broad SMARTS) is 1. The molecule has 0 amide bonds. The van der Waals surface area contributed by atoms with Crippen molar-refractivity contribution in [2.75, 3.05) is 6.61 Å². The second-order valence-corrected chi connectivity index (χ2v) is 3.68. The number of halogens is 3. The summed E-state index contributed by atoms with van der Waals surface area (Å²) in [6.45, 7) is -1.59. The van der Waals surface area contributed by atoms with Gasteiger partial charge in [-0.15, -0.1) is 0 Å². The zero-order chi connectivity index (χ0) is 16.0. The summed E-state index contributed by atoms with van der Waals surface area (Å²) in [6.07, 6.45) is -4.54. The first-order chi connectivity index (χ1) is 9.67. The lowest BCUT2D eigenvalue weighted by molar-refractivity contribution is -0.156. The molecule has 0 unspecified atom stereocenters. The van der Waals surface area contributed by atoms with Gasteiger partial charge in [-0.1, -0.05) is 0 Å². The Morgan fingerprint density at radius 3 is 2.29 bits per heavy atom. The maximum Gasteiger partial charge on any atom is 0.422 e. The number of hydrogen-bond acceptors (Lipinski definition) is 3. The van der Waals surface area contributed by atoms with E-state index in [2.05, 4.69) is 14.7 Å². The Bertz CT molecular complexity index is 567. The fourth-order valence-electron chi connectivity index (χ4n) is 1.14. The second-order valence-electron chi connectivity index (χ2n) is 3.68. The Labute approximate surface area is 116 Å². The average molecular weight is 304 g/mol. The second kappa shape index (κ2) is 6.59. The van der Waals surface area contributed by atoms with E-state index in [4.69, 9.17) is 16.6 Å². The Hall–Kier alpha value is -2.78. The lowest BCUT2D eigenvalue weighted by Crippen LogP contribution is -2.27. The molecule has 0 atom stereocenters. The molecule has 114 valence electrons. The molecule has 1 aromatic rings. The number of carboxylic acids is 1. The summed E-state index contributed by atoms with van der Waals surface area (Å²) in [5, 5.41) is 8.69. The van der Waals surface area contributed by atoms with Crippen molar-refractivity contribution in [2.24, 2.45) is 21.5 Å². The fraction of sp³-hybridized carbons (Fsp3) is 0.182. The van der Waals surface area contributed by atoms with Crippen molar-refractivity contribution in [1.82, 2.24) is 0 Å². The van der Waals surface area contributed by atoms with Gasteiger partial charge in [-0.05, 0) is 24.3 Å². The number of amidine groups is 1. The van der Waals surface area contributed by atoms with Crippen LogP contribution in [0.25, 0.3) is 0 Å². The molecule has 0 aliphatic heterocycles. The summed E-state index contributed by atoms with van der Waals surface area (Å²) in [4.78, 5) is 17.7. The summed E-state index contributed by atoms with van der Waals surface area (Å²) in [7, 11) is 0. The van der Waals surface area contributed by atoms with Crippen LogP contribution < -0.4 is 11.5 Å². The van der Waals surface area contributed by atoms with E-state index in [-0.39, 0.29) is 11.3 Å². The van der Waals surface area contributed by atoms with Crippen LogP contribution in [0.3, 0.4) is 0 Å². The molecule has 5 N–H and O–H groups in total. The highest BCUT2D eigenvalue weighted by molar-refractivity contribution is 5.92. The Balaban J connectivity index is 2.73. The summed E-state index contributed by atoms with van der Waals surface area (Å²) in [5.41, 5.74) is 10.7. The van der Waals surface area contributed by atoms with Gasteiger partial charge in [-0.3, -0.25) is 0 Å². The molecule has 7 nitrogen and oxygen atoms in total. The van der Waals surface area contributed by atoms with Gasteiger partial charge >= 0.3 is 12.1 Å². The van der Waals surface area contributed by atoms with Gasteiger partial charge in [-0.25, -0.2) is 9.79 Å². The summed E-state index contributed by atoms with van der Waals surface area (Å²) in [5.74, 6) is -1.54. The minimum absolute atomic E-state index is 0.0454. The molecule has 0 bridgehead atoms. The van der Waals surface area contributed by atoms with Crippen molar-refractivity contribution >= 4 is 23.6 Å². The first kappa shape index (κ1) is 16.3. The standard InChI is InChI=1S/C11H11F3N4O3/c12-11(13,14)5-21-10(16)18-9(15)17-7-3-1-6(2-4-7)8(19)20/h1-4H,5H2,(H,19,20)(H4,15,16,17,18). The lowest BCUT2D eigenvalue weighted by atomic mass is 10.2. The van der Waals surface area contributed by atoms with Crippen LogP contribution in [0.2, 0.25) is 0 Å². The molecule has 0 aromatic heterocycles. The monoisotopic (exact) mass is 304 g/mol. The first-order valence-electron chi connectivity index (χ1n) is 5.38. The van der Waals surface area contributed by atoms with E-state index in [9.17, 15) is 18.0 Å². The van der Waals surface area contributed by atoms with Crippen LogP contribution >= 0.6 is 0 Å². The molecule has 0 spiro atoms. The van der Waals surface area contributed by atoms with Gasteiger partial charge in [-0.2, -0.15) is 18.2 Å². The number of alkyl halides is 3. The molecule has 0 fully saturated rings. The van der Waals surface area contributed by atoms with E-state index in [0.29, 0.717) is 0 Å². The van der Waals surface area contributed by atoms with Gasteiger partial charge in [0.1, 0.15) is 0 Å². The SMILES string of the molecule is NC(=Nc1ccc(C(=O)O)cc1)N=C(N)OCC(F)(F)F. The number of ether oxygens (including phenoxy) is 1. The highest BCUT2D eigenvalue weighted by Gasteiger charge is 2.28. The molecule has 0 aliphatic rings. The molecular weight excluding hydrogens is 293 g/mol. The van der Waals surface area contributed by atoms with Crippen molar-refractivity contribution in [1.29, 1.82) is 0 Å². The number of rotatable bonds is 3. The van der Waals surface area contributed by atoms with E-state index in [1.807, 2.05) is 0 Å². The third-order valence-corrected chi connectivity index (χ3v) is 1.97.